The van der Waals surface area contributed by atoms with Crippen LogP contribution < -0.4 is 10.7 Å². The van der Waals surface area contributed by atoms with Gasteiger partial charge in [-0.05, 0) is 37.8 Å². The van der Waals surface area contributed by atoms with Gasteiger partial charge in [0.2, 0.25) is 5.43 Å². The molecule has 122 valence electrons. The van der Waals surface area contributed by atoms with Crippen molar-refractivity contribution in [2.24, 2.45) is 0 Å². The molecule has 0 fully saturated rings. The molecule has 1 aromatic carbocycles. The van der Waals surface area contributed by atoms with Gasteiger partial charge in [0.1, 0.15) is 10.6 Å². The number of carbonyl (C=O) groups is 1. The number of aryl methyl sites for hydroxylation is 4. The Labute approximate surface area is 140 Å². The van der Waals surface area contributed by atoms with Crippen molar-refractivity contribution in [1.82, 2.24) is 4.98 Å². The molecule has 0 aliphatic heterocycles. The fourth-order valence-corrected chi connectivity index (χ4v) is 2.84. The minimum atomic E-state index is -0.440. The number of rotatable bonds is 4. The Kier molecular flexibility index (Phi) is 5.26. The van der Waals surface area contributed by atoms with Gasteiger partial charge in [-0.15, -0.1) is 0 Å². The number of aromatic amines is 1. The number of hydrogen-bond donors (Lipinski definition) is 2. The van der Waals surface area contributed by atoms with Crippen molar-refractivity contribution in [3.05, 3.63) is 61.5 Å². The normalized spacial score (nSPS) is 10.7. The third kappa shape index (κ3) is 3.32. The Morgan fingerprint density at radius 2 is 1.70 bits per heavy atom. The molecule has 0 aliphatic carbocycles. The summed E-state index contributed by atoms with van der Waals surface area (Å²) >= 11 is 6.00. The number of amides is 1. The predicted octanol–water partition coefficient (Wildman–Crippen LogP) is 4.02. The van der Waals surface area contributed by atoms with Gasteiger partial charge in [0, 0.05) is 17.1 Å². The molecule has 0 saturated carbocycles. The maximum atomic E-state index is 12.7. The summed E-state index contributed by atoms with van der Waals surface area (Å²) < 4.78 is 0. The molecular formula is C18H21ClN2O2. The van der Waals surface area contributed by atoms with E-state index in [-0.39, 0.29) is 10.6 Å². The van der Waals surface area contributed by atoms with Crippen LogP contribution in [-0.2, 0) is 12.8 Å². The van der Waals surface area contributed by atoms with E-state index in [9.17, 15) is 9.59 Å². The quantitative estimate of drug-likeness (QED) is 0.888. The number of para-hydroxylation sites is 1. The first-order valence-corrected chi connectivity index (χ1v) is 8.09. The molecule has 0 bridgehead atoms. The second-order valence-corrected chi connectivity index (χ2v) is 5.88. The second-order valence-electron chi connectivity index (χ2n) is 5.51. The zero-order chi connectivity index (χ0) is 17.1. The van der Waals surface area contributed by atoms with E-state index in [4.69, 9.17) is 11.6 Å². The number of nitrogens with one attached hydrogen (secondary N) is 2. The lowest BCUT2D eigenvalue weighted by molar-refractivity contribution is 0.102. The van der Waals surface area contributed by atoms with Crippen LogP contribution in [0.15, 0.2) is 23.0 Å². The molecule has 2 N–H and O–H groups in total. The lowest BCUT2D eigenvalue weighted by Gasteiger charge is -2.15. The largest absolute Gasteiger partial charge is 0.361 e. The highest BCUT2D eigenvalue weighted by atomic mass is 35.5. The molecule has 0 aliphatic rings. The van der Waals surface area contributed by atoms with Gasteiger partial charge in [0.25, 0.3) is 5.91 Å². The maximum Gasteiger partial charge on any atom is 0.261 e. The summed E-state index contributed by atoms with van der Waals surface area (Å²) in [4.78, 5) is 28.0. The Bertz CT molecular complexity index is 787. The predicted molar refractivity (Wildman–Crippen MR) is 94.7 cm³/mol. The molecule has 0 spiro atoms. The van der Waals surface area contributed by atoms with Crippen LogP contribution in [0.3, 0.4) is 0 Å². The number of H-pyrrole nitrogens is 1. The van der Waals surface area contributed by atoms with Gasteiger partial charge >= 0.3 is 0 Å². The van der Waals surface area contributed by atoms with E-state index < -0.39 is 11.3 Å². The number of anilines is 1. The molecule has 1 heterocycles. The van der Waals surface area contributed by atoms with Crippen LogP contribution in [0.5, 0.6) is 0 Å². The van der Waals surface area contributed by atoms with Crippen LogP contribution in [0.2, 0.25) is 5.02 Å². The smallest absolute Gasteiger partial charge is 0.261 e. The maximum absolute atomic E-state index is 12.7. The van der Waals surface area contributed by atoms with E-state index in [1.54, 1.807) is 13.8 Å². The lowest BCUT2D eigenvalue weighted by Crippen LogP contribution is -2.25. The van der Waals surface area contributed by atoms with Crippen molar-refractivity contribution in [2.45, 2.75) is 40.5 Å². The molecule has 2 rings (SSSR count). The van der Waals surface area contributed by atoms with Crippen molar-refractivity contribution in [2.75, 3.05) is 5.32 Å². The Balaban J connectivity index is 2.50. The van der Waals surface area contributed by atoms with Crippen molar-refractivity contribution in [3.63, 3.8) is 0 Å². The molecule has 0 saturated heterocycles. The molecule has 1 amide bonds. The van der Waals surface area contributed by atoms with E-state index in [1.165, 1.54) is 0 Å². The van der Waals surface area contributed by atoms with Gasteiger partial charge in [-0.25, -0.2) is 0 Å². The Morgan fingerprint density at radius 1 is 1.13 bits per heavy atom. The minimum Gasteiger partial charge on any atom is -0.361 e. The fraction of sp³-hybridized carbons (Fsp3) is 0.333. The summed E-state index contributed by atoms with van der Waals surface area (Å²) in [7, 11) is 0. The van der Waals surface area contributed by atoms with Gasteiger partial charge < -0.3 is 10.3 Å². The van der Waals surface area contributed by atoms with Crippen molar-refractivity contribution >= 4 is 23.2 Å². The number of pyridine rings is 1. The monoisotopic (exact) mass is 332 g/mol. The van der Waals surface area contributed by atoms with Gasteiger partial charge in [-0.2, -0.15) is 0 Å². The van der Waals surface area contributed by atoms with Crippen LogP contribution in [0.4, 0.5) is 5.69 Å². The highest BCUT2D eigenvalue weighted by Crippen LogP contribution is 2.23. The first-order valence-electron chi connectivity index (χ1n) is 7.71. The van der Waals surface area contributed by atoms with Crippen molar-refractivity contribution in [3.8, 4) is 0 Å². The summed E-state index contributed by atoms with van der Waals surface area (Å²) in [5.74, 6) is -0.429. The summed E-state index contributed by atoms with van der Waals surface area (Å²) in [6.45, 7) is 7.47. The number of halogens is 1. The topological polar surface area (TPSA) is 62.0 Å². The average Bonchev–Trinajstić information content (AvgIpc) is 2.52. The molecule has 5 heteroatoms. The van der Waals surface area contributed by atoms with Crippen molar-refractivity contribution in [1.29, 1.82) is 0 Å². The summed E-state index contributed by atoms with van der Waals surface area (Å²) in [6.07, 6.45) is 1.60. The Hall–Kier alpha value is -2.07. The van der Waals surface area contributed by atoms with E-state index in [2.05, 4.69) is 10.3 Å². The zero-order valence-corrected chi connectivity index (χ0v) is 14.6. The zero-order valence-electron chi connectivity index (χ0n) is 13.8. The van der Waals surface area contributed by atoms with Gasteiger partial charge in [0.05, 0.1) is 0 Å². The summed E-state index contributed by atoms with van der Waals surface area (Å²) in [6, 6.07) is 5.94. The number of aromatic nitrogens is 1. The Morgan fingerprint density at radius 3 is 2.22 bits per heavy atom. The molecule has 4 nitrogen and oxygen atoms in total. The molecule has 0 atom stereocenters. The minimum absolute atomic E-state index is 0.0558. The summed E-state index contributed by atoms with van der Waals surface area (Å²) in [5, 5.41) is 2.96. The number of benzene rings is 1. The van der Waals surface area contributed by atoms with Gasteiger partial charge in [0.15, 0.2) is 0 Å². The van der Waals surface area contributed by atoms with Crippen LogP contribution in [0.1, 0.15) is 46.7 Å². The molecular weight excluding hydrogens is 312 g/mol. The summed E-state index contributed by atoms with van der Waals surface area (Å²) in [5.41, 5.74) is 3.59. The third-order valence-electron chi connectivity index (χ3n) is 3.97. The molecule has 2 aromatic rings. The van der Waals surface area contributed by atoms with Gasteiger partial charge in [-0.3, -0.25) is 9.59 Å². The second kappa shape index (κ2) is 7.01. The average molecular weight is 333 g/mol. The van der Waals surface area contributed by atoms with Crippen molar-refractivity contribution < 1.29 is 4.79 Å². The van der Waals surface area contributed by atoms with E-state index in [0.717, 1.165) is 29.7 Å². The molecule has 23 heavy (non-hydrogen) atoms. The first-order chi connectivity index (χ1) is 10.9. The van der Waals surface area contributed by atoms with E-state index in [0.29, 0.717) is 11.4 Å². The van der Waals surface area contributed by atoms with Gasteiger partial charge in [-0.1, -0.05) is 43.6 Å². The van der Waals surface area contributed by atoms with E-state index >= 15 is 0 Å². The molecule has 0 radical (unpaired) electrons. The standard InChI is InChI=1S/C18H21ClN2O2/c1-5-12-8-7-9-13(6-2)16(12)21-18(23)14-10(3)20-11(4)15(19)17(14)22/h7-9H,5-6H2,1-4H3,(H,20,22)(H,21,23). The first kappa shape index (κ1) is 17.3. The number of hydrogen-bond acceptors (Lipinski definition) is 2. The van der Waals surface area contributed by atoms with Crippen LogP contribution in [0.25, 0.3) is 0 Å². The van der Waals surface area contributed by atoms with Crippen LogP contribution >= 0.6 is 11.6 Å². The lowest BCUT2D eigenvalue weighted by atomic mass is 10.0. The third-order valence-corrected chi connectivity index (χ3v) is 4.43. The van der Waals surface area contributed by atoms with E-state index in [1.807, 2.05) is 32.0 Å². The fourth-order valence-electron chi connectivity index (χ4n) is 2.70. The SMILES string of the molecule is CCc1cccc(CC)c1NC(=O)c1c(C)[nH]c(C)c(Cl)c1=O. The highest BCUT2D eigenvalue weighted by molar-refractivity contribution is 6.31. The molecule has 1 aromatic heterocycles. The van der Waals surface area contributed by atoms with Crippen LogP contribution in [0, 0.1) is 13.8 Å². The molecule has 0 unspecified atom stereocenters. The highest BCUT2D eigenvalue weighted by Gasteiger charge is 2.19. The number of carbonyl (C=O) groups excluding carboxylic acids is 1. The van der Waals surface area contributed by atoms with Crippen LogP contribution in [-0.4, -0.2) is 10.9 Å².